The summed E-state index contributed by atoms with van der Waals surface area (Å²) in [6.07, 6.45) is 3.70. The van der Waals surface area contributed by atoms with E-state index in [1.54, 1.807) is 6.20 Å². The number of aromatic nitrogens is 1. The van der Waals surface area contributed by atoms with Crippen LogP contribution < -0.4 is 5.32 Å². The molecule has 0 saturated carbocycles. The van der Waals surface area contributed by atoms with Crippen LogP contribution in [0.5, 0.6) is 0 Å². The normalized spacial score (nSPS) is 12.4. The van der Waals surface area contributed by atoms with E-state index in [1.165, 1.54) is 11.1 Å². The molecule has 0 saturated heterocycles. The van der Waals surface area contributed by atoms with Crippen LogP contribution in [-0.4, -0.2) is 4.98 Å². The Hall–Kier alpha value is -1.19. The third-order valence-electron chi connectivity index (χ3n) is 2.74. The lowest BCUT2D eigenvalue weighted by Crippen LogP contribution is -2.18. The molecule has 0 aliphatic rings. The number of halogens is 1. The van der Waals surface area contributed by atoms with Crippen molar-refractivity contribution >= 4 is 15.9 Å². The molecule has 0 unspecified atom stereocenters. The number of nitrogens with zero attached hydrogens (tertiary/aromatic N) is 1. The number of hydrogen-bond donors (Lipinski definition) is 1. The highest BCUT2D eigenvalue weighted by atomic mass is 79.9. The van der Waals surface area contributed by atoms with E-state index in [0.717, 1.165) is 11.0 Å². The third kappa shape index (κ3) is 3.38. The molecule has 0 amide bonds. The largest absolute Gasteiger partial charge is 0.306 e. The molecular weight excluding hydrogens is 276 g/mol. The highest BCUT2D eigenvalue weighted by molar-refractivity contribution is 9.10. The maximum Gasteiger partial charge on any atom is 0.0315 e. The van der Waals surface area contributed by atoms with Crippen molar-refractivity contribution < 1.29 is 0 Å². The van der Waals surface area contributed by atoms with E-state index in [9.17, 15) is 0 Å². The minimum atomic E-state index is 0.302. The van der Waals surface area contributed by atoms with Crippen LogP contribution in [0, 0.1) is 0 Å². The third-order valence-corrected chi connectivity index (χ3v) is 3.51. The van der Waals surface area contributed by atoms with Crippen molar-refractivity contribution in [2.24, 2.45) is 0 Å². The lowest BCUT2D eigenvalue weighted by atomic mass is 10.1. The highest BCUT2D eigenvalue weighted by Crippen LogP contribution is 2.17. The van der Waals surface area contributed by atoms with Gasteiger partial charge >= 0.3 is 0 Å². The van der Waals surface area contributed by atoms with Crippen molar-refractivity contribution in [3.63, 3.8) is 0 Å². The standard InChI is InChI=1S/C14H15BrN2/c1-11(12-6-4-8-16-9-12)17-10-13-5-2-3-7-14(13)15/h2-9,11,17H,10H2,1H3/t11-/m1/s1. The molecule has 0 aliphatic heterocycles. The van der Waals surface area contributed by atoms with Crippen LogP contribution in [0.2, 0.25) is 0 Å². The van der Waals surface area contributed by atoms with Gasteiger partial charge in [-0.3, -0.25) is 4.98 Å². The van der Waals surface area contributed by atoms with Crippen molar-refractivity contribution in [1.29, 1.82) is 0 Å². The van der Waals surface area contributed by atoms with Crippen LogP contribution in [0.1, 0.15) is 24.1 Å². The summed E-state index contributed by atoms with van der Waals surface area (Å²) in [5.41, 5.74) is 2.47. The predicted molar refractivity (Wildman–Crippen MR) is 73.6 cm³/mol. The molecule has 0 aliphatic carbocycles. The molecule has 0 radical (unpaired) electrons. The second kappa shape index (κ2) is 5.94. The summed E-state index contributed by atoms with van der Waals surface area (Å²) in [4.78, 5) is 4.13. The molecule has 88 valence electrons. The molecule has 17 heavy (non-hydrogen) atoms. The molecular formula is C14H15BrN2. The Morgan fingerprint density at radius 3 is 2.76 bits per heavy atom. The van der Waals surface area contributed by atoms with Crippen LogP contribution in [0.3, 0.4) is 0 Å². The molecule has 0 bridgehead atoms. The second-order valence-corrected chi connectivity index (χ2v) is 4.83. The topological polar surface area (TPSA) is 24.9 Å². The first-order valence-electron chi connectivity index (χ1n) is 5.64. The molecule has 1 aromatic heterocycles. The Morgan fingerprint density at radius 2 is 2.06 bits per heavy atom. The van der Waals surface area contributed by atoms with E-state index in [0.29, 0.717) is 6.04 Å². The van der Waals surface area contributed by atoms with E-state index in [-0.39, 0.29) is 0 Å². The van der Waals surface area contributed by atoms with E-state index in [1.807, 2.05) is 18.3 Å². The number of hydrogen-bond acceptors (Lipinski definition) is 2. The van der Waals surface area contributed by atoms with Gasteiger partial charge in [-0.25, -0.2) is 0 Å². The van der Waals surface area contributed by atoms with Crippen molar-refractivity contribution in [1.82, 2.24) is 10.3 Å². The number of benzene rings is 1. The molecule has 3 heteroatoms. The molecule has 1 aromatic carbocycles. The smallest absolute Gasteiger partial charge is 0.0315 e. The summed E-state index contributed by atoms with van der Waals surface area (Å²) < 4.78 is 1.14. The van der Waals surface area contributed by atoms with Crippen molar-refractivity contribution in [3.05, 3.63) is 64.4 Å². The van der Waals surface area contributed by atoms with E-state index < -0.39 is 0 Å². The number of nitrogens with one attached hydrogen (secondary N) is 1. The highest BCUT2D eigenvalue weighted by Gasteiger charge is 2.05. The summed E-state index contributed by atoms with van der Waals surface area (Å²) in [6.45, 7) is 2.99. The summed E-state index contributed by atoms with van der Waals surface area (Å²) in [5, 5.41) is 3.49. The minimum Gasteiger partial charge on any atom is -0.306 e. The monoisotopic (exact) mass is 290 g/mol. The van der Waals surface area contributed by atoms with Gasteiger partial charge in [-0.05, 0) is 30.2 Å². The van der Waals surface area contributed by atoms with Crippen LogP contribution >= 0.6 is 15.9 Å². The second-order valence-electron chi connectivity index (χ2n) is 3.98. The first-order valence-corrected chi connectivity index (χ1v) is 6.43. The number of rotatable bonds is 4. The van der Waals surface area contributed by atoms with Gasteiger partial charge in [0.15, 0.2) is 0 Å². The Bertz CT molecular complexity index is 471. The van der Waals surface area contributed by atoms with Crippen LogP contribution in [0.4, 0.5) is 0 Å². The molecule has 0 spiro atoms. The lowest BCUT2D eigenvalue weighted by Gasteiger charge is -2.14. The number of pyridine rings is 1. The van der Waals surface area contributed by atoms with E-state index in [4.69, 9.17) is 0 Å². The Morgan fingerprint density at radius 1 is 1.24 bits per heavy atom. The molecule has 1 N–H and O–H groups in total. The summed E-state index contributed by atoms with van der Waals surface area (Å²) in [7, 11) is 0. The quantitative estimate of drug-likeness (QED) is 0.929. The Kier molecular flexibility index (Phi) is 4.29. The molecule has 2 aromatic rings. The summed E-state index contributed by atoms with van der Waals surface area (Å²) in [6, 6.07) is 12.6. The Balaban J connectivity index is 1.97. The van der Waals surface area contributed by atoms with Crippen molar-refractivity contribution in [2.45, 2.75) is 19.5 Å². The fourth-order valence-corrected chi connectivity index (χ4v) is 2.08. The molecule has 0 fully saturated rings. The van der Waals surface area contributed by atoms with Gasteiger partial charge in [-0.1, -0.05) is 40.2 Å². The summed E-state index contributed by atoms with van der Waals surface area (Å²) >= 11 is 3.55. The van der Waals surface area contributed by atoms with Gasteiger partial charge in [-0.2, -0.15) is 0 Å². The average Bonchev–Trinajstić information content (AvgIpc) is 2.38. The molecule has 2 rings (SSSR count). The fourth-order valence-electron chi connectivity index (χ4n) is 1.65. The van der Waals surface area contributed by atoms with Crippen molar-refractivity contribution in [3.8, 4) is 0 Å². The van der Waals surface area contributed by atoms with Gasteiger partial charge in [0.2, 0.25) is 0 Å². The Labute approximate surface area is 110 Å². The maximum absolute atomic E-state index is 4.13. The first-order chi connectivity index (χ1) is 8.27. The zero-order chi connectivity index (χ0) is 12.1. The first kappa shape index (κ1) is 12.3. The van der Waals surface area contributed by atoms with Gasteiger partial charge in [0.1, 0.15) is 0 Å². The van der Waals surface area contributed by atoms with Crippen LogP contribution in [0.15, 0.2) is 53.3 Å². The fraction of sp³-hybridized carbons (Fsp3) is 0.214. The predicted octanol–water partition coefficient (Wildman–Crippen LogP) is 3.69. The van der Waals surface area contributed by atoms with E-state index >= 15 is 0 Å². The minimum absolute atomic E-state index is 0.302. The van der Waals surface area contributed by atoms with Gasteiger partial charge in [0.05, 0.1) is 0 Å². The maximum atomic E-state index is 4.13. The summed E-state index contributed by atoms with van der Waals surface area (Å²) in [5.74, 6) is 0. The van der Waals surface area contributed by atoms with Gasteiger partial charge in [-0.15, -0.1) is 0 Å². The molecule has 1 atom stereocenters. The van der Waals surface area contributed by atoms with Crippen LogP contribution in [-0.2, 0) is 6.54 Å². The lowest BCUT2D eigenvalue weighted by molar-refractivity contribution is 0.572. The van der Waals surface area contributed by atoms with Crippen molar-refractivity contribution in [2.75, 3.05) is 0 Å². The van der Waals surface area contributed by atoms with Gasteiger partial charge in [0, 0.05) is 29.5 Å². The van der Waals surface area contributed by atoms with Gasteiger partial charge < -0.3 is 5.32 Å². The van der Waals surface area contributed by atoms with Crippen LogP contribution in [0.25, 0.3) is 0 Å². The average molecular weight is 291 g/mol. The molecule has 1 heterocycles. The van der Waals surface area contributed by atoms with Gasteiger partial charge in [0.25, 0.3) is 0 Å². The SMILES string of the molecule is C[C@@H](NCc1ccccc1Br)c1cccnc1. The molecule has 2 nitrogen and oxygen atoms in total. The van der Waals surface area contributed by atoms with E-state index in [2.05, 4.69) is 57.4 Å². The zero-order valence-electron chi connectivity index (χ0n) is 9.73. The zero-order valence-corrected chi connectivity index (χ0v) is 11.3.